The molecule has 5 nitrogen and oxygen atoms in total. The number of rotatable bonds is 8. The second-order valence-corrected chi connectivity index (χ2v) is 13.0. The molecule has 1 fully saturated rings. The summed E-state index contributed by atoms with van der Waals surface area (Å²) < 4.78 is 62.7. The fraction of sp³-hybridized carbons (Fsp3) is 0.310. The molecule has 1 saturated heterocycles. The number of hydrogen-bond acceptors (Lipinski definition) is 4. The van der Waals surface area contributed by atoms with Gasteiger partial charge in [0.2, 0.25) is 5.91 Å². The maximum Gasteiger partial charge on any atom is 0.230 e. The van der Waals surface area contributed by atoms with Gasteiger partial charge in [-0.1, -0.05) is 30.3 Å². The Bertz CT molecular complexity index is 1440. The highest BCUT2D eigenvalue weighted by molar-refractivity contribution is 7.70. The molecule has 0 saturated carbocycles. The smallest absolute Gasteiger partial charge is 0.230 e. The number of ether oxygens (including phenoxy) is 1. The number of amides is 1. The molecule has 0 aliphatic carbocycles. The lowest BCUT2D eigenvalue weighted by Crippen LogP contribution is -2.42. The summed E-state index contributed by atoms with van der Waals surface area (Å²) in [6.07, 6.45) is 0.610. The standard InChI is InChI=1S/C29H29F3NO4P/c1-37-21-11-10-18(24(30)17-21)15-20(34)16-19-7-6-14-33(29(19)35)25-13-12-23(27(31)28(25)32)22-8-4-5-9-26(22)38(2,3)36/h4-5,8-13,17,19H,6-7,14-16H2,1-3H3/t19-/m0/s1. The first-order valence-corrected chi connectivity index (χ1v) is 14.9. The van der Waals surface area contributed by atoms with E-state index >= 15 is 8.78 Å². The van der Waals surface area contributed by atoms with Gasteiger partial charge in [-0.25, -0.2) is 13.2 Å². The molecular formula is C29H29F3NO4P. The van der Waals surface area contributed by atoms with Crippen molar-refractivity contribution >= 4 is 29.8 Å². The number of benzene rings is 3. The lowest BCUT2D eigenvalue weighted by molar-refractivity contribution is -0.128. The van der Waals surface area contributed by atoms with Gasteiger partial charge in [0.05, 0.1) is 12.8 Å². The number of halogens is 3. The fourth-order valence-electron chi connectivity index (χ4n) is 4.86. The van der Waals surface area contributed by atoms with Crippen LogP contribution in [0.5, 0.6) is 5.75 Å². The number of piperidine rings is 1. The van der Waals surface area contributed by atoms with E-state index in [2.05, 4.69) is 0 Å². The molecule has 38 heavy (non-hydrogen) atoms. The number of carbonyl (C=O) groups excluding carboxylic acids is 2. The molecular weight excluding hydrogens is 514 g/mol. The van der Waals surface area contributed by atoms with Crippen LogP contribution in [-0.2, 0) is 20.6 Å². The number of methoxy groups -OCH3 is 1. The van der Waals surface area contributed by atoms with Crippen LogP contribution in [0.1, 0.15) is 24.8 Å². The van der Waals surface area contributed by atoms with E-state index in [1.165, 1.54) is 36.3 Å². The molecule has 0 N–H and O–H groups in total. The molecule has 3 aromatic carbocycles. The van der Waals surface area contributed by atoms with Crippen LogP contribution < -0.4 is 14.9 Å². The monoisotopic (exact) mass is 543 g/mol. The molecule has 1 atom stereocenters. The molecule has 1 aliphatic rings. The number of ketones is 1. The minimum absolute atomic E-state index is 0.0384. The van der Waals surface area contributed by atoms with Crippen LogP contribution in [-0.4, -0.2) is 38.7 Å². The summed E-state index contributed by atoms with van der Waals surface area (Å²) in [4.78, 5) is 27.1. The second-order valence-electron chi connectivity index (χ2n) is 9.83. The van der Waals surface area contributed by atoms with Crippen molar-refractivity contribution in [2.24, 2.45) is 5.92 Å². The minimum Gasteiger partial charge on any atom is -0.497 e. The predicted molar refractivity (Wildman–Crippen MR) is 142 cm³/mol. The van der Waals surface area contributed by atoms with E-state index in [0.29, 0.717) is 29.5 Å². The zero-order chi connectivity index (χ0) is 27.6. The first kappa shape index (κ1) is 27.6. The molecule has 4 rings (SSSR count). The molecule has 200 valence electrons. The molecule has 1 heterocycles. The Hall–Kier alpha value is -3.38. The first-order valence-electron chi connectivity index (χ1n) is 12.3. The van der Waals surface area contributed by atoms with Gasteiger partial charge in [0.1, 0.15) is 24.5 Å². The van der Waals surface area contributed by atoms with E-state index in [1.807, 2.05) is 0 Å². The Morgan fingerprint density at radius 3 is 2.45 bits per heavy atom. The number of anilines is 1. The third-order valence-electron chi connectivity index (χ3n) is 6.80. The van der Waals surface area contributed by atoms with Crippen LogP contribution in [0.25, 0.3) is 11.1 Å². The van der Waals surface area contributed by atoms with Gasteiger partial charge in [0, 0.05) is 42.2 Å². The quantitative estimate of drug-likeness (QED) is 0.329. The van der Waals surface area contributed by atoms with Crippen LogP contribution in [0.4, 0.5) is 18.9 Å². The van der Waals surface area contributed by atoms with Crippen molar-refractivity contribution < 1.29 is 32.1 Å². The molecule has 1 amide bonds. The van der Waals surface area contributed by atoms with E-state index in [1.54, 1.807) is 43.7 Å². The number of Topliss-reactive ketones (excluding diaryl/α,β-unsaturated/α-hetero) is 1. The third-order valence-corrected chi connectivity index (χ3v) is 8.35. The van der Waals surface area contributed by atoms with Gasteiger partial charge in [-0.2, -0.15) is 0 Å². The van der Waals surface area contributed by atoms with E-state index in [0.717, 1.165) is 0 Å². The molecule has 0 spiro atoms. The fourth-order valence-corrected chi connectivity index (χ4v) is 6.08. The van der Waals surface area contributed by atoms with E-state index in [4.69, 9.17) is 4.74 Å². The third kappa shape index (κ3) is 5.70. The Labute approximate surface area is 220 Å². The average molecular weight is 544 g/mol. The van der Waals surface area contributed by atoms with E-state index < -0.39 is 36.4 Å². The predicted octanol–water partition coefficient (Wildman–Crippen LogP) is 5.97. The van der Waals surface area contributed by atoms with Gasteiger partial charge in [-0.05, 0) is 55.5 Å². The molecule has 0 bridgehead atoms. The topological polar surface area (TPSA) is 63.7 Å². The minimum atomic E-state index is -2.77. The van der Waals surface area contributed by atoms with Gasteiger partial charge in [-0.15, -0.1) is 0 Å². The van der Waals surface area contributed by atoms with Crippen LogP contribution >= 0.6 is 7.14 Å². The van der Waals surface area contributed by atoms with Crippen LogP contribution in [0.2, 0.25) is 0 Å². The van der Waals surface area contributed by atoms with Crippen molar-refractivity contribution in [2.75, 3.05) is 31.9 Å². The summed E-state index contributed by atoms with van der Waals surface area (Å²) in [5, 5.41) is 0.437. The lowest BCUT2D eigenvalue weighted by Gasteiger charge is -2.32. The molecule has 0 radical (unpaired) electrons. The maximum absolute atomic E-state index is 15.4. The summed E-state index contributed by atoms with van der Waals surface area (Å²) in [6, 6.07) is 13.5. The molecule has 0 aromatic heterocycles. The van der Waals surface area contributed by atoms with Crippen molar-refractivity contribution in [3.63, 3.8) is 0 Å². The number of hydrogen-bond donors (Lipinski definition) is 0. The zero-order valence-corrected chi connectivity index (χ0v) is 22.4. The Morgan fingerprint density at radius 1 is 1.03 bits per heavy atom. The summed E-state index contributed by atoms with van der Waals surface area (Å²) in [7, 11) is -1.36. The van der Waals surface area contributed by atoms with Gasteiger partial charge in [0.25, 0.3) is 0 Å². The summed E-state index contributed by atoms with van der Waals surface area (Å²) >= 11 is 0. The molecule has 9 heteroatoms. The SMILES string of the molecule is COc1ccc(CC(=O)C[C@@H]2CCCN(c3ccc(-c4ccccc4P(C)(C)=O)c(F)c3F)C2=O)c(F)c1. The maximum atomic E-state index is 15.4. The summed E-state index contributed by atoms with van der Waals surface area (Å²) in [5.74, 6) is -4.07. The largest absolute Gasteiger partial charge is 0.497 e. The number of nitrogens with zero attached hydrogens (tertiary/aromatic N) is 1. The highest BCUT2D eigenvalue weighted by Gasteiger charge is 2.34. The van der Waals surface area contributed by atoms with Crippen molar-refractivity contribution in [3.8, 4) is 16.9 Å². The zero-order valence-electron chi connectivity index (χ0n) is 21.5. The first-order chi connectivity index (χ1) is 18.0. The van der Waals surface area contributed by atoms with Crippen LogP contribution in [0.3, 0.4) is 0 Å². The van der Waals surface area contributed by atoms with E-state index in [9.17, 15) is 18.5 Å². The Balaban J connectivity index is 1.54. The van der Waals surface area contributed by atoms with Crippen molar-refractivity contribution in [1.82, 2.24) is 0 Å². The average Bonchev–Trinajstić information content (AvgIpc) is 2.88. The molecule has 1 aliphatic heterocycles. The van der Waals surface area contributed by atoms with Gasteiger partial charge in [-0.3, -0.25) is 9.59 Å². The van der Waals surface area contributed by atoms with Crippen molar-refractivity contribution in [2.45, 2.75) is 25.7 Å². The highest BCUT2D eigenvalue weighted by atomic mass is 31.2. The van der Waals surface area contributed by atoms with Gasteiger partial charge >= 0.3 is 0 Å². The molecule has 0 unspecified atom stereocenters. The Kier molecular flexibility index (Phi) is 8.12. The summed E-state index contributed by atoms with van der Waals surface area (Å²) in [6.45, 7) is 3.30. The lowest BCUT2D eigenvalue weighted by atomic mass is 9.89. The van der Waals surface area contributed by atoms with Gasteiger partial charge in [0.15, 0.2) is 11.6 Å². The van der Waals surface area contributed by atoms with E-state index in [-0.39, 0.29) is 42.0 Å². The van der Waals surface area contributed by atoms with Gasteiger partial charge < -0.3 is 14.2 Å². The van der Waals surface area contributed by atoms with Crippen molar-refractivity contribution in [3.05, 3.63) is 77.6 Å². The highest BCUT2D eigenvalue weighted by Crippen LogP contribution is 2.41. The van der Waals surface area contributed by atoms with Crippen LogP contribution in [0, 0.1) is 23.4 Å². The van der Waals surface area contributed by atoms with Crippen LogP contribution in [0.15, 0.2) is 54.6 Å². The number of carbonyl (C=O) groups is 2. The van der Waals surface area contributed by atoms with Crippen molar-refractivity contribution in [1.29, 1.82) is 0 Å². The molecule has 3 aromatic rings. The normalized spacial score (nSPS) is 16.0. The Morgan fingerprint density at radius 2 is 1.76 bits per heavy atom. The summed E-state index contributed by atoms with van der Waals surface area (Å²) in [5.41, 5.74) is 0.290. The second kappa shape index (κ2) is 11.2.